The average Bonchev–Trinajstić information content (AvgIpc) is 3.22. The molecule has 174 valence electrons. The summed E-state index contributed by atoms with van der Waals surface area (Å²) in [6, 6.07) is 11.5. The van der Waals surface area contributed by atoms with Gasteiger partial charge in [-0.15, -0.1) is 0 Å². The van der Waals surface area contributed by atoms with Gasteiger partial charge in [-0.2, -0.15) is 18.3 Å². The molecule has 1 aliphatic rings. The van der Waals surface area contributed by atoms with Crippen molar-refractivity contribution in [3.05, 3.63) is 75.6 Å². The highest BCUT2D eigenvalue weighted by molar-refractivity contribution is 6.30. The molecule has 0 atom stereocenters. The van der Waals surface area contributed by atoms with E-state index in [1.54, 1.807) is 6.07 Å². The van der Waals surface area contributed by atoms with Gasteiger partial charge in [-0.3, -0.25) is 4.79 Å². The summed E-state index contributed by atoms with van der Waals surface area (Å²) < 4.78 is 46.3. The number of methoxy groups -OCH3 is 1. The Balaban J connectivity index is 1.53. The zero-order valence-electron chi connectivity index (χ0n) is 18.0. The first-order valence-corrected chi connectivity index (χ1v) is 11.0. The number of carbonyl (C=O) groups is 1. The Labute approximate surface area is 194 Å². The normalized spacial score (nSPS) is 13.5. The van der Waals surface area contributed by atoms with Crippen LogP contribution in [0.3, 0.4) is 0 Å². The number of aryl methyl sites for hydroxylation is 2. The second kappa shape index (κ2) is 9.47. The lowest BCUT2D eigenvalue weighted by Gasteiger charge is -2.16. The van der Waals surface area contributed by atoms with E-state index < -0.39 is 11.9 Å². The van der Waals surface area contributed by atoms with Crippen molar-refractivity contribution in [1.82, 2.24) is 15.1 Å². The Kier molecular flexibility index (Phi) is 6.65. The molecule has 0 radical (unpaired) electrons. The predicted octanol–water partition coefficient (Wildman–Crippen LogP) is 5.29. The number of aromatic nitrogens is 2. The Morgan fingerprint density at radius 1 is 1.12 bits per heavy atom. The molecule has 0 fully saturated rings. The van der Waals surface area contributed by atoms with E-state index in [-0.39, 0.29) is 29.6 Å². The highest BCUT2D eigenvalue weighted by Gasteiger charge is 2.35. The maximum Gasteiger partial charge on any atom is 0.435 e. The number of benzene rings is 2. The average molecular weight is 478 g/mol. The van der Waals surface area contributed by atoms with Gasteiger partial charge in [0.25, 0.3) is 0 Å². The van der Waals surface area contributed by atoms with Crippen LogP contribution in [0.2, 0.25) is 5.02 Å². The number of fused-ring (bicyclic) bond motifs is 1. The molecule has 0 bridgehead atoms. The van der Waals surface area contributed by atoms with E-state index in [9.17, 15) is 18.0 Å². The first-order chi connectivity index (χ1) is 15.7. The van der Waals surface area contributed by atoms with Crippen LogP contribution in [0.1, 0.15) is 40.9 Å². The monoisotopic (exact) mass is 477 g/mol. The molecule has 0 spiro atoms. The molecule has 0 saturated carbocycles. The molecule has 1 N–H and O–H groups in total. The first kappa shape index (κ1) is 23.2. The topological polar surface area (TPSA) is 56.1 Å². The van der Waals surface area contributed by atoms with Gasteiger partial charge in [0.2, 0.25) is 5.91 Å². The molecular weight excluding hydrogens is 455 g/mol. The summed E-state index contributed by atoms with van der Waals surface area (Å²) in [6.07, 6.45) is -0.0926. The third-order valence-electron chi connectivity index (χ3n) is 5.65. The largest absolute Gasteiger partial charge is 0.497 e. The molecule has 1 aromatic heterocycles. The first-order valence-electron chi connectivity index (χ1n) is 10.6. The van der Waals surface area contributed by atoms with Gasteiger partial charge in [0, 0.05) is 11.1 Å². The second-order valence-electron chi connectivity index (χ2n) is 8.04. The van der Waals surface area contributed by atoms with Crippen LogP contribution in [0, 0.1) is 0 Å². The zero-order valence-corrected chi connectivity index (χ0v) is 18.8. The fourth-order valence-electron chi connectivity index (χ4n) is 4.03. The van der Waals surface area contributed by atoms with Gasteiger partial charge in [-0.1, -0.05) is 29.8 Å². The van der Waals surface area contributed by atoms with E-state index in [1.165, 1.54) is 36.8 Å². The minimum absolute atomic E-state index is 0.123. The number of halogens is 4. The Bertz CT molecular complexity index is 1170. The van der Waals surface area contributed by atoms with Crippen molar-refractivity contribution in [2.45, 2.75) is 44.8 Å². The van der Waals surface area contributed by atoms with Crippen molar-refractivity contribution in [3.63, 3.8) is 0 Å². The summed E-state index contributed by atoms with van der Waals surface area (Å²) in [6.45, 7) is -0.123. The van der Waals surface area contributed by atoms with Gasteiger partial charge in [-0.25, -0.2) is 4.68 Å². The molecule has 1 aliphatic carbocycles. The molecule has 1 heterocycles. The Morgan fingerprint density at radius 2 is 1.88 bits per heavy atom. The van der Waals surface area contributed by atoms with Gasteiger partial charge in [0.1, 0.15) is 5.75 Å². The van der Waals surface area contributed by atoms with E-state index in [2.05, 4.69) is 22.5 Å². The Morgan fingerprint density at radius 3 is 2.61 bits per heavy atom. The van der Waals surface area contributed by atoms with Crippen molar-refractivity contribution in [3.8, 4) is 11.4 Å². The van der Waals surface area contributed by atoms with Gasteiger partial charge in [-0.05, 0) is 60.6 Å². The third-order valence-corrected chi connectivity index (χ3v) is 5.87. The molecule has 0 aliphatic heterocycles. The van der Waals surface area contributed by atoms with Crippen molar-refractivity contribution in [1.29, 1.82) is 0 Å². The summed E-state index contributed by atoms with van der Waals surface area (Å²) in [5, 5.41) is 6.71. The van der Waals surface area contributed by atoms with Gasteiger partial charge >= 0.3 is 6.18 Å². The molecule has 5 nitrogen and oxygen atoms in total. The van der Waals surface area contributed by atoms with Crippen molar-refractivity contribution >= 4 is 17.5 Å². The highest BCUT2D eigenvalue weighted by atomic mass is 35.5. The van der Waals surface area contributed by atoms with Crippen molar-refractivity contribution in [2.75, 3.05) is 7.11 Å². The highest BCUT2D eigenvalue weighted by Crippen LogP contribution is 2.31. The van der Waals surface area contributed by atoms with E-state index in [1.807, 2.05) is 6.07 Å². The lowest BCUT2D eigenvalue weighted by molar-refractivity contribution is -0.141. The van der Waals surface area contributed by atoms with Crippen molar-refractivity contribution in [2.24, 2.45) is 0 Å². The summed E-state index contributed by atoms with van der Waals surface area (Å²) in [4.78, 5) is 12.6. The number of hydrogen-bond acceptors (Lipinski definition) is 3. The number of alkyl halides is 3. The number of carbonyl (C=O) groups excluding carboxylic acids is 1. The molecule has 0 saturated heterocycles. The van der Waals surface area contributed by atoms with E-state index in [0.29, 0.717) is 11.4 Å². The lowest BCUT2D eigenvalue weighted by Crippen LogP contribution is -2.26. The quantitative estimate of drug-likeness (QED) is 0.525. The van der Waals surface area contributed by atoms with Crippen LogP contribution in [0.15, 0.2) is 42.5 Å². The number of hydrogen-bond donors (Lipinski definition) is 1. The fourth-order valence-corrected chi connectivity index (χ4v) is 4.25. The molecule has 4 rings (SSSR count). The zero-order chi connectivity index (χ0) is 23.6. The summed E-state index contributed by atoms with van der Waals surface area (Å²) in [5.74, 6) is 0.0969. The van der Waals surface area contributed by atoms with Crippen LogP contribution in [0.4, 0.5) is 13.2 Å². The van der Waals surface area contributed by atoms with Crippen LogP contribution < -0.4 is 10.1 Å². The molecule has 9 heteroatoms. The summed E-state index contributed by atoms with van der Waals surface area (Å²) in [5.41, 5.74) is 2.90. The number of rotatable bonds is 6. The number of ether oxygens (including phenoxy) is 1. The summed E-state index contributed by atoms with van der Waals surface area (Å²) in [7, 11) is 1.43. The lowest BCUT2D eigenvalue weighted by atomic mass is 9.90. The van der Waals surface area contributed by atoms with Crippen LogP contribution >= 0.6 is 11.6 Å². The van der Waals surface area contributed by atoms with E-state index >= 15 is 0 Å². The van der Waals surface area contributed by atoms with Crippen LogP contribution in [0.25, 0.3) is 5.69 Å². The molecular formula is C24H23ClF3N3O2. The van der Waals surface area contributed by atoms with Gasteiger partial charge in [0.15, 0.2) is 5.69 Å². The maximum atomic E-state index is 13.3. The van der Waals surface area contributed by atoms with Crippen LogP contribution in [0.5, 0.6) is 5.75 Å². The SMILES string of the molecule is COc1cc(Cl)cc(-n2nc(C(F)(F)F)cc2CNC(=O)Cc2ccc3c(c2)CCCC3)c1. The molecule has 1 amide bonds. The van der Waals surface area contributed by atoms with Gasteiger partial charge in [0.05, 0.1) is 31.5 Å². The summed E-state index contributed by atoms with van der Waals surface area (Å²) >= 11 is 6.08. The molecule has 2 aromatic carbocycles. The van der Waals surface area contributed by atoms with E-state index in [4.69, 9.17) is 16.3 Å². The second-order valence-corrected chi connectivity index (χ2v) is 8.48. The number of amides is 1. The Hall–Kier alpha value is -3.00. The molecule has 33 heavy (non-hydrogen) atoms. The third kappa shape index (κ3) is 5.50. The molecule has 0 unspecified atom stereocenters. The fraction of sp³-hybridized carbons (Fsp3) is 0.333. The molecule has 3 aromatic rings. The standard InChI is InChI=1S/C24H23ClF3N3O2/c1-33-21-11-18(25)10-19(12-21)31-20(13-22(30-31)24(26,27)28)14-29-23(32)9-15-6-7-16-4-2-3-5-17(16)8-15/h6-8,10-13H,2-5,9,14H2,1H3,(H,29,32). The smallest absolute Gasteiger partial charge is 0.435 e. The number of nitrogens with one attached hydrogen (secondary N) is 1. The van der Waals surface area contributed by atoms with Crippen molar-refractivity contribution < 1.29 is 22.7 Å². The maximum absolute atomic E-state index is 13.3. The number of nitrogens with zero attached hydrogens (tertiary/aromatic N) is 2. The minimum atomic E-state index is -4.63. The van der Waals surface area contributed by atoms with Crippen LogP contribution in [-0.4, -0.2) is 22.8 Å². The van der Waals surface area contributed by atoms with Gasteiger partial charge < -0.3 is 10.1 Å². The minimum Gasteiger partial charge on any atom is -0.497 e. The van der Waals surface area contributed by atoms with Crippen LogP contribution in [-0.2, 0) is 36.8 Å². The predicted molar refractivity (Wildman–Crippen MR) is 119 cm³/mol. The van der Waals surface area contributed by atoms with E-state index in [0.717, 1.165) is 35.6 Å².